The molecule has 0 aromatic heterocycles. The fraction of sp³-hybridized carbons (Fsp3) is 0.556. The summed E-state index contributed by atoms with van der Waals surface area (Å²) in [7, 11) is 1.42. The largest absolute Gasteiger partial charge is 0.472 e. The summed E-state index contributed by atoms with van der Waals surface area (Å²) in [6, 6.07) is 0. The van der Waals surface area contributed by atoms with Crippen molar-refractivity contribution < 1.29 is 42.1 Å². The molecule has 0 bridgehead atoms. The third kappa shape index (κ3) is 64.3. The average Bonchev–Trinajstić information content (AvgIpc) is 3.45. The van der Waals surface area contributed by atoms with E-state index >= 15 is 0 Å². The Bertz CT molecular complexity index is 2030. The van der Waals surface area contributed by atoms with Crippen LogP contribution in [-0.4, -0.2) is 74.9 Å². The van der Waals surface area contributed by atoms with Crippen LogP contribution in [0.2, 0.25) is 0 Å². The fourth-order valence-electron chi connectivity index (χ4n) is 7.66. The zero-order valence-electron chi connectivity index (χ0n) is 52.1. The summed E-state index contributed by atoms with van der Waals surface area (Å²) in [5.74, 6) is -0.856. The lowest BCUT2D eigenvalue weighted by Gasteiger charge is -2.24. The molecule has 2 unspecified atom stereocenters. The number of allylic oxidation sites excluding steroid dienone is 30. The van der Waals surface area contributed by atoms with Crippen LogP contribution in [0.3, 0.4) is 0 Å². The van der Waals surface area contributed by atoms with Crippen LogP contribution >= 0.6 is 7.82 Å². The van der Waals surface area contributed by atoms with Crippen molar-refractivity contribution in [1.82, 2.24) is 0 Å². The summed E-state index contributed by atoms with van der Waals surface area (Å²) < 4.78 is 34.6. The third-order valence-corrected chi connectivity index (χ3v) is 13.4. The van der Waals surface area contributed by atoms with E-state index in [0.717, 1.165) is 154 Å². The molecule has 0 saturated carbocycles. The second-order valence-corrected chi connectivity index (χ2v) is 22.8. The zero-order chi connectivity index (χ0) is 59.8. The number of unbranched alkanes of at least 4 members (excludes halogenated alkanes) is 11. The monoisotopic (exact) mass is 1150 g/mol. The predicted octanol–water partition coefficient (Wildman–Crippen LogP) is 20.4. The molecule has 0 aliphatic carbocycles. The molecule has 0 heterocycles. The van der Waals surface area contributed by atoms with Crippen molar-refractivity contribution in [1.29, 1.82) is 0 Å². The Morgan fingerprint density at radius 1 is 0.378 bits per heavy atom. The van der Waals surface area contributed by atoms with Gasteiger partial charge >= 0.3 is 19.8 Å². The maximum absolute atomic E-state index is 12.8. The normalized spacial score (nSPS) is 14.5. The van der Waals surface area contributed by atoms with Crippen LogP contribution in [0.5, 0.6) is 0 Å². The van der Waals surface area contributed by atoms with Gasteiger partial charge in [-0.2, -0.15) is 0 Å². The summed E-state index contributed by atoms with van der Waals surface area (Å²) in [5.41, 5.74) is 0. The fourth-order valence-corrected chi connectivity index (χ4v) is 8.40. The first kappa shape index (κ1) is 77.1. The Morgan fingerprint density at radius 3 is 0.976 bits per heavy atom. The van der Waals surface area contributed by atoms with Crippen LogP contribution in [0.25, 0.3) is 0 Å². The van der Waals surface area contributed by atoms with Crippen molar-refractivity contribution in [3.63, 3.8) is 0 Å². The van der Waals surface area contributed by atoms with Gasteiger partial charge in [0.15, 0.2) is 6.10 Å². The Balaban J connectivity index is 4.26. The quantitative estimate of drug-likeness (QED) is 0.0211. The van der Waals surface area contributed by atoms with E-state index in [-0.39, 0.29) is 26.1 Å². The molecule has 1 N–H and O–H groups in total. The van der Waals surface area contributed by atoms with Crippen LogP contribution in [0.15, 0.2) is 182 Å². The standard InChI is InChI=1S/C72H114NO8P/c1-6-8-10-12-14-16-18-20-22-24-26-28-30-31-32-33-34-35-36-37-38-39-40-41-43-45-47-49-51-53-55-57-59-61-63-65-72(75)81-70(69-80-82(76,77)79-67-66-73(3,4)5)68-78-71(74)64-62-60-58-56-54-52-50-48-46-44-42-29-27-25-23-21-19-17-15-13-11-9-7-2/h8-11,14-17,20-23,26-29,31-32,34-35,37-38,40-41,44-47,50,52,70H,6-7,12-13,18-19,24-25,30,33,36,39,42-43,48-49,51,53-69H2,1-5H3/p+1/b10-8-,11-9-,16-14-,17-15-,22-20-,23-21-,28-26-,29-27-,32-31-,35-34-,38-37-,41-40-,46-44-,47-45-,52-50-. The van der Waals surface area contributed by atoms with Gasteiger partial charge in [0, 0.05) is 12.8 Å². The molecule has 0 aliphatic rings. The van der Waals surface area contributed by atoms with Crippen molar-refractivity contribution in [2.45, 2.75) is 213 Å². The molecule has 10 heteroatoms. The number of hydrogen-bond acceptors (Lipinski definition) is 7. The van der Waals surface area contributed by atoms with E-state index < -0.39 is 32.5 Å². The van der Waals surface area contributed by atoms with Crippen molar-refractivity contribution in [2.75, 3.05) is 47.5 Å². The first-order valence-electron chi connectivity index (χ1n) is 31.5. The summed E-state index contributed by atoms with van der Waals surface area (Å²) in [4.78, 5) is 35.8. The highest BCUT2D eigenvalue weighted by Crippen LogP contribution is 2.43. The lowest BCUT2D eigenvalue weighted by Crippen LogP contribution is -2.37. The van der Waals surface area contributed by atoms with Crippen molar-refractivity contribution in [3.05, 3.63) is 182 Å². The minimum Gasteiger partial charge on any atom is -0.462 e. The van der Waals surface area contributed by atoms with E-state index in [9.17, 15) is 19.0 Å². The molecule has 460 valence electrons. The van der Waals surface area contributed by atoms with Crippen LogP contribution in [-0.2, 0) is 32.7 Å². The highest BCUT2D eigenvalue weighted by atomic mass is 31.2. The Kier molecular flexibility index (Phi) is 57.1. The van der Waals surface area contributed by atoms with Crippen LogP contribution in [0.1, 0.15) is 206 Å². The number of nitrogens with zero attached hydrogens (tertiary/aromatic N) is 1. The van der Waals surface area contributed by atoms with Gasteiger partial charge in [-0.15, -0.1) is 0 Å². The second kappa shape index (κ2) is 60.7. The van der Waals surface area contributed by atoms with Gasteiger partial charge in [-0.1, -0.05) is 241 Å². The van der Waals surface area contributed by atoms with E-state index in [2.05, 4.69) is 196 Å². The molecule has 82 heavy (non-hydrogen) atoms. The molecule has 0 amide bonds. The highest BCUT2D eigenvalue weighted by Gasteiger charge is 2.27. The predicted molar refractivity (Wildman–Crippen MR) is 352 cm³/mol. The van der Waals surface area contributed by atoms with Crippen molar-refractivity contribution in [3.8, 4) is 0 Å². The number of hydrogen-bond donors (Lipinski definition) is 1. The first-order chi connectivity index (χ1) is 40.0. The Hall–Kier alpha value is -4.89. The number of phosphoric acid groups is 1. The van der Waals surface area contributed by atoms with Gasteiger partial charge in [0.2, 0.25) is 0 Å². The molecule has 2 atom stereocenters. The lowest BCUT2D eigenvalue weighted by molar-refractivity contribution is -0.870. The van der Waals surface area contributed by atoms with Gasteiger partial charge < -0.3 is 18.9 Å². The molecule has 0 spiro atoms. The molecule has 0 radical (unpaired) electrons. The highest BCUT2D eigenvalue weighted by molar-refractivity contribution is 7.47. The number of quaternary nitrogens is 1. The van der Waals surface area contributed by atoms with E-state index in [0.29, 0.717) is 23.9 Å². The number of rotatable bonds is 55. The Labute approximate surface area is 501 Å². The second-order valence-electron chi connectivity index (χ2n) is 21.3. The topological polar surface area (TPSA) is 108 Å². The maximum atomic E-state index is 12.8. The van der Waals surface area contributed by atoms with Gasteiger partial charge in [0.1, 0.15) is 19.8 Å². The van der Waals surface area contributed by atoms with Gasteiger partial charge in [-0.3, -0.25) is 18.6 Å². The van der Waals surface area contributed by atoms with E-state index in [1.807, 2.05) is 21.1 Å². The van der Waals surface area contributed by atoms with E-state index in [4.69, 9.17) is 18.5 Å². The Morgan fingerprint density at radius 2 is 0.659 bits per heavy atom. The van der Waals surface area contributed by atoms with Gasteiger partial charge in [0.25, 0.3) is 0 Å². The first-order valence-corrected chi connectivity index (χ1v) is 33.0. The number of phosphoric ester groups is 1. The zero-order valence-corrected chi connectivity index (χ0v) is 53.0. The number of carbonyl (C=O) groups excluding carboxylic acids is 2. The van der Waals surface area contributed by atoms with E-state index in [1.165, 1.54) is 12.8 Å². The molecule has 0 aromatic carbocycles. The maximum Gasteiger partial charge on any atom is 0.472 e. The molecular weight excluding hydrogens is 1040 g/mol. The minimum absolute atomic E-state index is 0.0137. The number of carbonyl (C=O) groups is 2. The molecule has 0 aliphatic heterocycles. The summed E-state index contributed by atoms with van der Waals surface area (Å²) >= 11 is 0. The third-order valence-electron chi connectivity index (χ3n) is 12.4. The number of ether oxygens (including phenoxy) is 2. The minimum atomic E-state index is -4.41. The lowest BCUT2D eigenvalue weighted by atomic mass is 10.1. The molecule has 0 fully saturated rings. The smallest absolute Gasteiger partial charge is 0.462 e. The number of esters is 2. The van der Waals surface area contributed by atoms with Crippen LogP contribution < -0.4 is 0 Å². The van der Waals surface area contributed by atoms with Gasteiger partial charge in [-0.25, -0.2) is 4.57 Å². The van der Waals surface area contributed by atoms with Gasteiger partial charge in [-0.05, 0) is 135 Å². The summed E-state index contributed by atoms with van der Waals surface area (Å²) in [6.07, 6.45) is 93.9. The van der Waals surface area contributed by atoms with Crippen LogP contribution in [0.4, 0.5) is 0 Å². The van der Waals surface area contributed by atoms with Gasteiger partial charge in [0.05, 0.1) is 27.7 Å². The van der Waals surface area contributed by atoms with Crippen molar-refractivity contribution >= 4 is 19.8 Å². The van der Waals surface area contributed by atoms with Crippen LogP contribution in [0, 0.1) is 0 Å². The summed E-state index contributed by atoms with van der Waals surface area (Å²) in [6.45, 7) is 4.13. The molecular formula is C72H115NO8P+. The molecule has 0 rings (SSSR count). The average molecular weight is 1150 g/mol. The van der Waals surface area contributed by atoms with Crippen molar-refractivity contribution in [2.24, 2.45) is 0 Å². The number of likely N-dealkylation sites (N-methyl/N-ethyl adjacent to an activating group) is 1. The van der Waals surface area contributed by atoms with E-state index in [1.54, 1.807) is 0 Å². The molecule has 0 saturated heterocycles. The SMILES string of the molecule is CC/C=C\C/C=C\C/C=C\C/C=C\C/C=C\C/C=C\C/C=C\C/C=C\C/C=C\CCCCCCCCCC(=O)OC(COC(=O)CCCCCC/C=C\C/C=C\C/C=C\C/C=C\C/C=C\C/C=C\CC)COP(=O)(O)OCC[N+](C)(C)C. The molecule has 9 nitrogen and oxygen atoms in total. The molecule has 0 aromatic rings. The summed E-state index contributed by atoms with van der Waals surface area (Å²) in [5, 5.41) is 0.